The number of hydrogen-bond donors (Lipinski definition) is 1. The number of rotatable bonds is 4. The molecule has 1 saturated heterocycles. The highest BCUT2D eigenvalue weighted by Crippen LogP contribution is 2.33. The van der Waals surface area contributed by atoms with Gasteiger partial charge < -0.3 is 5.32 Å². The standard InChI is InChI=1S/C12H14ClF2N3O2/c13-9-2-1-8(7-10(9)18(19)20)11(12(14)15)17-5-3-16-4-6-17/h1-2,7,11-12,16H,3-6H2/t11-/m1/s1. The SMILES string of the molecule is O=[N+]([O-])c1cc([C@H](C(F)F)N2CCNCC2)ccc1Cl. The molecule has 1 heterocycles. The third-order valence-corrected chi connectivity index (χ3v) is 3.61. The minimum absolute atomic E-state index is 0.0490. The van der Waals surface area contributed by atoms with Crippen LogP contribution < -0.4 is 5.32 Å². The lowest BCUT2D eigenvalue weighted by Gasteiger charge is -2.34. The van der Waals surface area contributed by atoms with E-state index in [0.717, 1.165) is 6.07 Å². The van der Waals surface area contributed by atoms with Crippen LogP contribution in [-0.2, 0) is 0 Å². The maximum absolute atomic E-state index is 13.3. The van der Waals surface area contributed by atoms with Crippen LogP contribution in [0.2, 0.25) is 5.02 Å². The van der Waals surface area contributed by atoms with Gasteiger partial charge in [0.15, 0.2) is 0 Å². The van der Waals surface area contributed by atoms with Crippen LogP contribution in [0.5, 0.6) is 0 Å². The molecule has 1 aromatic carbocycles. The van der Waals surface area contributed by atoms with Gasteiger partial charge in [0.05, 0.1) is 11.0 Å². The summed E-state index contributed by atoms with van der Waals surface area (Å²) in [6.45, 7) is 2.20. The predicted molar refractivity (Wildman–Crippen MR) is 71.3 cm³/mol. The topological polar surface area (TPSA) is 58.4 Å². The van der Waals surface area contributed by atoms with E-state index in [0.29, 0.717) is 26.2 Å². The van der Waals surface area contributed by atoms with Crippen molar-refractivity contribution in [2.24, 2.45) is 0 Å². The second-order valence-electron chi connectivity index (χ2n) is 4.53. The number of nitrogens with one attached hydrogen (secondary N) is 1. The van der Waals surface area contributed by atoms with Gasteiger partial charge in [-0.15, -0.1) is 0 Å². The molecule has 1 atom stereocenters. The summed E-state index contributed by atoms with van der Waals surface area (Å²) >= 11 is 5.71. The van der Waals surface area contributed by atoms with Gasteiger partial charge in [-0.25, -0.2) is 8.78 Å². The van der Waals surface area contributed by atoms with Gasteiger partial charge in [0.2, 0.25) is 0 Å². The average molecular weight is 306 g/mol. The summed E-state index contributed by atoms with van der Waals surface area (Å²) in [5.41, 5.74) is -0.122. The smallest absolute Gasteiger partial charge is 0.288 e. The third-order valence-electron chi connectivity index (χ3n) is 3.29. The molecule has 0 amide bonds. The number of halogens is 3. The molecule has 1 aromatic rings. The second kappa shape index (κ2) is 6.43. The highest BCUT2D eigenvalue weighted by Gasteiger charge is 2.31. The van der Waals surface area contributed by atoms with Gasteiger partial charge in [0.1, 0.15) is 5.02 Å². The molecule has 0 spiro atoms. The molecule has 1 aliphatic heterocycles. The van der Waals surface area contributed by atoms with Gasteiger partial charge >= 0.3 is 0 Å². The fourth-order valence-electron chi connectivity index (χ4n) is 2.33. The lowest BCUT2D eigenvalue weighted by molar-refractivity contribution is -0.384. The molecule has 110 valence electrons. The summed E-state index contributed by atoms with van der Waals surface area (Å²) in [6.07, 6.45) is -2.62. The Balaban J connectivity index is 2.33. The molecule has 1 fully saturated rings. The normalized spacial score (nSPS) is 18.2. The Labute approximate surface area is 119 Å². The van der Waals surface area contributed by atoms with E-state index in [9.17, 15) is 18.9 Å². The summed E-state index contributed by atoms with van der Waals surface area (Å²) in [7, 11) is 0. The number of nitro benzene ring substituents is 1. The zero-order valence-corrected chi connectivity index (χ0v) is 11.3. The van der Waals surface area contributed by atoms with Crippen molar-refractivity contribution in [1.29, 1.82) is 0 Å². The minimum Gasteiger partial charge on any atom is -0.314 e. The molecule has 0 bridgehead atoms. The average Bonchev–Trinajstić information content (AvgIpc) is 2.41. The Morgan fingerprint density at radius 2 is 2.00 bits per heavy atom. The maximum Gasteiger partial charge on any atom is 0.288 e. The van der Waals surface area contributed by atoms with Gasteiger partial charge in [-0.2, -0.15) is 0 Å². The Hall–Kier alpha value is -1.31. The number of nitro groups is 1. The van der Waals surface area contributed by atoms with E-state index in [1.54, 1.807) is 4.90 Å². The van der Waals surface area contributed by atoms with Crippen molar-refractivity contribution in [3.8, 4) is 0 Å². The van der Waals surface area contributed by atoms with Crippen LogP contribution in [0.25, 0.3) is 0 Å². The molecule has 0 saturated carbocycles. The molecule has 1 aliphatic rings. The minimum atomic E-state index is -2.62. The van der Waals surface area contributed by atoms with Crippen molar-refractivity contribution in [3.05, 3.63) is 38.9 Å². The van der Waals surface area contributed by atoms with E-state index in [4.69, 9.17) is 11.6 Å². The molecule has 1 N–H and O–H groups in total. The Morgan fingerprint density at radius 3 is 2.55 bits per heavy atom. The molecule has 0 aromatic heterocycles. The van der Waals surface area contributed by atoms with Crippen LogP contribution in [0, 0.1) is 10.1 Å². The van der Waals surface area contributed by atoms with Crippen LogP contribution in [0.4, 0.5) is 14.5 Å². The van der Waals surface area contributed by atoms with Crippen LogP contribution in [0.1, 0.15) is 11.6 Å². The Bertz CT molecular complexity index is 496. The number of alkyl halides is 2. The lowest BCUT2D eigenvalue weighted by atomic mass is 10.0. The highest BCUT2D eigenvalue weighted by molar-refractivity contribution is 6.32. The van der Waals surface area contributed by atoms with E-state index < -0.39 is 17.4 Å². The van der Waals surface area contributed by atoms with Gasteiger partial charge in [-0.05, 0) is 11.6 Å². The molecule has 0 aliphatic carbocycles. The summed E-state index contributed by atoms with van der Waals surface area (Å²) in [5, 5.41) is 13.9. The number of hydrogen-bond acceptors (Lipinski definition) is 4. The van der Waals surface area contributed by atoms with Crippen molar-refractivity contribution < 1.29 is 13.7 Å². The van der Waals surface area contributed by atoms with Crippen LogP contribution >= 0.6 is 11.6 Å². The first-order chi connectivity index (χ1) is 9.50. The van der Waals surface area contributed by atoms with E-state index in [2.05, 4.69) is 5.32 Å². The molecular weight excluding hydrogens is 292 g/mol. The Morgan fingerprint density at radius 1 is 1.35 bits per heavy atom. The van der Waals surface area contributed by atoms with E-state index >= 15 is 0 Å². The zero-order chi connectivity index (χ0) is 14.7. The zero-order valence-electron chi connectivity index (χ0n) is 10.6. The van der Waals surface area contributed by atoms with Crippen LogP contribution in [0.15, 0.2) is 18.2 Å². The lowest BCUT2D eigenvalue weighted by Crippen LogP contribution is -2.46. The number of benzene rings is 1. The molecule has 0 radical (unpaired) electrons. The van der Waals surface area contributed by atoms with Gasteiger partial charge in [-0.3, -0.25) is 15.0 Å². The van der Waals surface area contributed by atoms with Gasteiger partial charge in [-0.1, -0.05) is 17.7 Å². The first-order valence-corrected chi connectivity index (χ1v) is 6.55. The largest absolute Gasteiger partial charge is 0.314 e. The highest BCUT2D eigenvalue weighted by atomic mass is 35.5. The van der Waals surface area contributed by atoms with Crippen molar-refractivity contribution in [3.63, 3.8) is 0 Å². The third kappa shape index (κ3) is 3.23. The Kier molecular flexibility index (Phi) is 4.85. The number of piperazine rings is 1. The molecule has 8 heteroatoms. The van der Waals surface area contributed by atoms with E-state index in [1.807, 2.05) is 0 Å². The molecule has 20 heavy (non-hydrogen) atoms. The van der Waals surface area contributed by atoms with E-state index in [-0.39, 0.29) is 16.3 Å². The molecular formula is C12H14ClF2N3O2. The first kappa shape index (κ1) is 15.1. The van der Waals surface area contributed by atoms with Crippen molar-refractivity contribution in [2.75, 3.05) is 26.2 Å². The number of nitrogens with zero attached hydrogens (tertiary/aromatic N) is 2. The maximum atomic E-state index is 13.3. The molecule has 2 rings (SSSR count). The fraction of sp³-hybridized carbons (Fsp3) is 0.500. The van der Waals surface area contributed by atoms with Crippen LogP contribution in [-0.4, -0.2) is 42.4 Å². The summed E-state index contributed by atoms with van der Waals surface area (Å²) in [6, 6.07) is 2.72. The molecule has 5 nitrogen and oxygen atoms in total. The summed E-state index contributed by atoms with van der Waals surface area (Å²) < 4.78 is 26.7. The monoisotopic (exact) mass is 305 g/mol. The fourth-order valence-corrected chi connectivity index (χ4v) is 2.52. The van der Waals surface area contributed by atoms with Crippen molar-refractivity contribution in [2.45, 2.75) is 12.5 Å². The van der Waals surface area contributed by atoms with Crippen molar-refractivity contribution >= 4 is 17.3 Å². The van der Waals surface area contributed by atoms with E-state index in [1.165, 1.54) is 12.1 Å². The molecule has 0 unspecified atom stereocenters. The van der Waals surface area contributed by atoms with Crippen LogP contribution in [0.3, 0.4) is 0 Å². The second-order valence-corrected chi connectivity index (χ2v) is 4.94. The summed E-state index contributed by atoms with van der Waals surface area (Å²) in [4.78, 5) is 11.8. The predicted octanol–water partition coefficient (Wildman–Crippen LogP) is 2.46. The summed E-state index contributed by atoms with van der Waals surface area (Å²) in [5.74, 6) is 0. The van der Waals surface area contributed by atoms with Gasteiger partial charge in [0.25, 0.3) is 12.1 Å². The van der Waals surface area contributed by atoms with Crippen molar-refractivity contribution in [1.82, 2.24) is 10.2 Å². The first-order valence-electron chi connectivity index (χ1n) is 6.17. The van der Waals surface area contributed by atoms with Gasteiger partial charge in [0, 0.05) is 32.2 Å². The quantitative estimate of drug-likeness (QED) is 0.686.